The number of nitrogens with one attached hydrogen (secondary N) is 1. The van der Waals surface area contributed by atoms with Gasteiger partial charge in [-0.15, -0.1) is 0 Å². The lowest BCUT2D eigenvalue weighted by Crippen LogP contribution is -2.52. The number of ketones is 1. The van der Waals surface area contributed by atoms with E-state index in [1.54, 1.807) is 6.20 Å². The number of oxazole rings is 1. The van der Waals surface area contributed by atoms with Crippen molar-refractivity contribution in [3.8, 4) is 11.3 Å². The third-order valence-corrected chi connectivity index (χ3v) is 5.70. The molecule has 1 heterocycles. The molecule has 0 aliphatic rings. The first kappa shape index (κ1) is 23.8. The predicted octanol–water partition coefficient (Wildman–Crippen LogP) is 4.77. The summed E-state index contributed by atoms with van der Waals surface area (Å²) in [5.74, 6) is 1.43. The number of likely N-dealkylation sites (N-methyl/N-ethyl adjacent to an activating group) is 1. The predicted molar refractivity (Wildman–Crippen MR) is 119 cm³/mol. The average Bonchev–Trinajstić information content (AvgIpc) is 3.22. The summed E-state index contributed by atoms with van der Waals surface area (Å²) in [6.45, 7) is 5.68. The number of amides is 1. The Balaban J connectivity index is 2.10. The van der Waals surface area contributed by atoms with Crippen molar-refractivity contribution in [3.63, 3.8) is 0 Å². The molecular formula is C24H35N3O3. The second-order valence-corrected chi connectivity index (χ2v) is 8.40. The number of rotatable bonds is 12. The van der Waals surface area contributed by atoms with E-state index in [4.69, 9.17) is 4.42 Å². The van der Waals surface area contributed by atoms with Crippen LogP contribution in [0.1, 0.15) is 71.2 Å². The highest BCUT2D eigenvalue weighted by Gasteiger charge is 2.32. The molecule has 6 nitrogen and oxygen atoms in total. The van der Waals surface area contributed by atoms with E-state index in [9.17, 15) is 9.59 Å². The van der Waals surface area contributed by atoms with Gasteiger partial charge in [-0.2, -0.15) is 0 Å². The smallest absolute Gasteiger partial charge is 0.240 e. The highest BCUT2D eigenvalue weighted by molar-refractivity contribution is 5.85. The molecule has 0 saturated heterocycles. The van der Waals surface area contributed by atoms with Crippen LogP contribution in [0.4, 0.5) is 0 Å². The molecule has 0 aliphatic heterocycles. The van der Waals surface area contributed by atoms with Gasteiger partial charge in [0.25, 0.3) is 0 Å². The Bertz CT molecular complexity index is 812. The molecule has 6 heteroatoms. The fraction of sp³-hybridized carbons (Fsp3) is 0.542. The lowest BCUT2D eigenvalue weighted by Gasteiger charge is -2.32. The van der Waals surface area contributed by atoms with Crippen LogP contribution in [0.25, 0.3) is 11.3 Å². The number of carbonyl (C=O) groups excluding carboxylic acids is 2. The van der Waals surface area contributed by atoms with Crippen molar-refractivity contribution in [1.82, 2.24) is 15.2 Å². The van der Waals surface area contributed by atoms with Crippen molar-refractivity contribution < 1.29 is 14.0 Å². The Morgan fingerprint density at radius 3 is 2.47 bits per heavy atom. The Morgan fingerprint density at radius 1 is 1.13 bits per heavy atom. The third kappa shape index (κ3) is 6.52. The number of unbranched alkanes of at least 4 members (excludes halogenated alkanes) is 2. The standard InChI is InChI=1S/C24H35N3O3/c1-6-19(28)15-11-8-12-16-20(26-23(29)24(2,3)27(4)5)22-25-17-21(30-22)18-13-9-7-10-14-18/h7,9-10,13-14,17,20H,6,8,11-12,15-16H2,1-5H3,(H,26,29). The minimum absolute atomic E-state index is 0.0712. The molecule has 30 heavy (non-hydrogen) atoms. The van der Waals surface area contributed by atoms with Crippen molar-refractivity contribution in [2.24, 2.45) is 0 Å². The summed E-state index contributed by atoms with van der Waals surface area (Å²) in [6, 6.07) is 9.49. The van der Waals surface area contributed by atoms with Gasteiger partial charge in [0.1, 0.15) is 11.8 Å². The van der Waals surface area contributed by atoms with Crippen LogP contribution in [0.5, 0.6) is 0 Å². The summed E-state index contributed by atoms with van der Waals surface area (Å²) in [6.07, 6.45) is 6.33. The van der Waals surface area contributed by atoms with Gasteiger partial charge in [-0.25, -0.2) is 4.98 Å². The van der Waals surface area contributed by atoms with Gasteiger partial charge >= 0.3 is 0 Å². The summed E-state index contributed by atoms with van der Waals surface area (Å²) in [5, 5.41) is 3.13. The molecule has 1 aromatic carbocycles. The highest BCUT2D eigenvalue weighted by Crippen LogP contribution is 2.26. The topological polar surface area (TPSA) is 75.4 Å². The van der Waals surface area contributed by atoms with Crippen LogP contribution in [0.15, 0.2) is 40.9 Å². The van der Waals surface area contributed by atoms with E-state index < -0.39 is 5.54 Å². The molecule has 0 fully saturated rings. The van der Waals surface area contributed by atoms with E-state index in [1.807, 2.05) is 70.1 Å². The van der Waals surface area contributed by atoms with E-state index in [-0.39, 0.29) is 11.9 Å². The Hall–Kier alpha value is -2.47. The van der Waals surface area contributed by atoms with Gasteiger partial charge in [0.05, 0.1) is 11.7 Å². The third-order valence-electron chi connectivity index (χ3n) is 5.70. The van der Waals surface area contributed by atoms with Gasteiger partial charge in [0.15, 0.2) is 5.76 Å². The lowest BCUT2D eigenvalue weighted by molar-refractivity contribution is -0.131. The van der Waals surface area contributed by atoms with Crippen molar-refractivity contribution in [2.75, 3.05) is 14.1 Å². The second kappa shape index (κ2) is 11.1. The van der Waals surface area contributed by atoms with Crippen molar-refractivity contribution in [2.45, 2.75) is 70.9 Å². The summed E-state index contributed by atoms with van der Waals surface area (Å²) in [4.78, 5) is 30.8. The Morgan fingerprint density at radius 2 is 1.83 bits per heavy atom. The number of carbonyl (C=O) groups is 2. The van der Waals surface area contributed by atoms with Crippen LogP contribution in [-0.4, -0.2) is 41.2 Å². The molecule has 1 unspecified atom stereocenters. The fourth-order valence-corrected chi connectivity index (χ4v) is 3.00. The molecule has 0 aliphatic carbocycles. The van der Waals surface area contributed by atoms with Gasteiger partial charge in [0.2, 0.25) is 11.8 Å². The van der Waals surface area contributed by atoms with E-state index in [0.717, 1.165) is 24.8 Å². The van der Waals surface area contributed by atoms with E-state index in [2.05, 4.69) is 10.3 Å². The zero-order valence-electron chi connectivity index (χ0n) is 18.9. The first-order chi connectivity index (χ1) is 14.3. The maximum atomic E-state index is 12.9. The van der Waals surface area contributed by atoms with Crippen LogP contribution in [-0.2, 0) is 9.59 Å². The van der Waals surface area contributed by atoms with E-state index in [0.29, 0.717) is 36.7 Å². The van der Waals surface area contributed by atoms with Gasteiger partial charge in [-0.05, 0) is 40.8 Å². The molecule has 0 saturated carbocycles. The number of nitrogens with zero attached hydrogens (tertiary/aromatic N) is 2. The molecular weight excluding hydrogens is 378 g/mol. The molecule has 2 rings (SSSR count). The molecule has 1 N–H and O–H groups in total. The van der Waals surface area contributed by atoms with Crippen LogP contribution in [0.3, 0.4) is 0 Å². The molecule has 164 valence electrons. The second-order valence-electron chi connectivity index (χ2n) is 8.40. The van der Waals surface area contributed by atoms with Crippen LogP contribution < -0.4 is 5.32 Å². The molecule has 1 atom stereocenters. The Kier molecular flexibility index (Phi) is 8.78. The van der Waals surface area contributed by atoms with Gasteiger partial charge in [0, 0.05) is 18.4 Å². The largest absolute Gasteiger partial charge is 0.438 e. The van der Waals surface area contributed by atoms with Crippen molar-refractivity contribution in [1.29, 1.82) is 0 Å². The first-order valence-electron chi connectivity index (χ1n) is 10.8. The summed E-state index contributed by atoms with van der Waals surface area (Å²) in [7, 11) is 3.77. The maximum Gasteiger partial charge on any atom is 0.240 e. The highest BCUT2D eigenvalue weighted by atomic mass is 16.4. The normalized spacial score (nSPS) is 12.7. The minimum Gasteiger partial charge on any atom is -0.438 e. The van der Waals surface area contributed by atoms with Crippen molar-refractivity contribution >= 4 is 11.7 Å². The molecule has 1 amide bonds. The zero-order valence-corrected chi connectivity index (χ0v) is 18.9. The molecule has 1 aromatic heterocycles. The number of hydrogen-bond acceptors (Lipinski definition) is 5. The first-order valence-corrected chi connectivity index (χ1v) is 10.8. The fourth-order valence-electron chi connectivity index (χ4n) is 3.00. The van der Waals surface area contributed by atoms with E-state index in [1.165, 1.54) is 0 Å². The molecule has 0 spiro atoms. The number of aromatic nitrogens is 1. The monoisotopic (exact) mass is 413 g/mol. The summed E-state index contributed by atoms with van der Waals surface area (Å²) in [5.41, 5.74) is 0.300. The molecule has 2 aromatic rings. The Labute approximate surface area is 180 Å². The number of benzene rings is 1. The maximum absolute atomic E-state index is 12.9. The summed E-state index contributed by atoms with van der Waals surface area (Å²) < 4.78 is 6.02. The van der Waals surface area contributed by atoms with Crippen LogP contribution in [0, 0.1) is 0 Å². The molecule has 0 bridgehead atoms. The minimum atomic E-state index is -0.652. The van der Waals surface area contributed by atoms with Crippen LogP contribution >= 0.6 is 0 Å². The zero-order chi connectivity index (χ0) is 22.1. The molecule has 0 radical (unpaired) electrons. The summed E-state index contributed by atoms with van der Waals surface area (Å²) >= 11 is 0. The SMILES string of the molecule is CCC(=O)CCCCCC(NC(=O)C(C)(C)N(C)C)c1ncc(-c2ccccc2)o1. The number of hydrogen-bond donors (Lipinski definition) is 1. The van der Waals surface area contributed by atoms with Crippen LogP contribution in [0.2, 0.25) is 0 Å². The quantitative estimate of drug-likeness (QED) is 0.507. The lowest BCUT2D eigenvalue weighted by atomic mass is 10.0. The van der Waals surface area contributed by atoms with Gasteiger partial charge in [-0.1, -0.05) is 50.1 Å². The van der Waals surface area contributed by atoms with Gasteiger partial charge < -0.3 is 9.73 Å². The average molecular weight is 414 g/mol. The number of Topliss-reactive ketones (excluding diaryl/α,β-unsaturated/α-hetero) is 1. The van der Waals surface area contributed by atoms with Gasteiger partial charge in [-0.3, -0.25) is 14.5 Å². The van der Waals surface area contributed by atoms with E-state index >= 15 is 0 Å². The van der Waals surface area contributed by atoms with Crippen molar-refractivity contribution in [3.05, 3.63) is 42.4 Å².